The van der Waals surface area contributed by atoms with E-state index in [4.69, 9.17) is 28.3 Å². The summed E-state index contributed by atoms with van der Waals surface area (Å²) in [6, 6.07) is 2.91. The van der Waals surface area contributed by atoms with E-state index in [0.29, 0.717) is 35.1 Å². The van der Waals surface area contributed by atoms with E-state index >= 15 is 0 Å². The number of hydrogen-bond acceptors (Lipinski definition) is 2. The Labute approximate surface area is 132 Å². The van der Waals surface area contributed by atoms with Crippen LogP contribution in [0.4, 0.5) is 10.5 Å². The second kappa shape index (κ2) is 6.54. The molecule has 1 aromatic carbocycles. The molecule has 1 saturated heterocycles. The van der Waals surface area contributed by atoms with E-state index in [9.17, 15) is 9.59 Å². The standard InChI is InChI=1S/C14H16Cl2N2O3/c1-8-11(15)5-10(6-12(8)16)17-14(21)18-4-2-3-9(7-18)13(19)20/h5-6,9H,2-4,7H2,1H3,(H,17,21)(H,19,20). The minimum absolute atomic E-state index is 0.217. The molecule has 0 spiro atoms. The van der Waals surface area contributed by atoms with Crippen LogP contribution in [-0.4, -0.2) is 35.1 Å². The smallest absolute Gasteiger partial charge is 0.321 e. The summed E-state index contributed by atoms with van der Waals surface area (Å²) < 4.78 is 0. The largest absolute Gasteiger partial charge is 0.481 e. The molecule has 114 valence electrons. The second-order valence-electron chi connectivity index (χ2n) is 5.12. The summed E-state index contributed by atoms with van der Waals surface area (Å²) in [5.41, 5.74) is 1.25. The van der Waals surface area contributed by atoms with Gasteiger partial charge in [0.15, 0.2) is 0 Å². The van der Waals surface area contributed by atoms with E-state index in [1.165, 1.54) is 4.90 Å². The molecule has 21 heavy (non-hydrogen) atoms. The van der Waals surface area contributed by atoms with Gasteiger partial charge < -0.3 is 15.3 Å². The highest BCUT2D eigenvalue weighted by atomic mass is 35.5. The molecule has 0 radical (unpaired) electrons. The Balaban J connectivity index is 2.06. The lowest BCUT2D eigenvalue weighted by atomic mass is 9.99. The van der Waals surface area contributed by atoms with Crippen LogP contribution in [0.25, 0.3) is 0 Å². The van der Waals surface area contributed by atoms with E-state index < -0.39 is 11.9 Å². The van der Waals surface area contributed by atoms with Crippen molar-refractivity contribution in [1.82, 2.24) is 4.90 Å². The molecule has 1 aromatic rings. The summed E-state index contributed by atoms with van der Waals surface area (Å²) in [7, 11) is 0. The highest BCUT2D eigenvalue weighted by molar-refractivity contribution is 6.36. The number of aliphatic carboxylic acids is 1. The lowest BCUT2D eigenvalue weighted by Gasteiger charge is -2.30. The molecule has 1 fully saturated rings. The fourth-order valence-corrected chi connectivity index (χ4v) is 2.77. The Morgan fingerprint density at radius 3 is 2.52 bits per heavy atom. The molecular formula is C14H16Cl2N2O3. The zero-order chi connectivity index (χ0) is 15.6. The molecule has 1 aliphatic rings. The number of piperidine rings is 1. The number of carboxylic acids is 1. The first-order valence-corrected chi connectivity index (χ1v) is 7.38. The molecule has 0 saturated carbocycles. The number of halogens is 2. The fraction of sp³-hybridized carbons (Fsp3) is 0.429. The summed E-state index contributed by atoms with van der Waals surface area (Å²) in [6.07, 6.45) is 1.28. The van der Waals surface area contributed by atoms with Gasteiger partial charge in [0.25, 0.3) is 0 Å². The predicted octanol–water partition coefficient (Wildman–Crippen LogP) is 3.63. The molecule has 2 amide bonds. The van der Waals surface area contributed by atoms with Crippen LogP contribution in [0.3, 0.4) is 0 Å². The average molecular weight is 331 g/mol. The third-order valence-electron chi connectivity index (χ3n) is 3.59. The van der Waals surface area contributed by atoms with Gasteiger partial charge in [0.05, 0.1) is 5.92 Å². The van der Waals surface area contributed by atoms with Gasteiger partial charge in [-0.3, -0.25) is 4.79 Å². The van der Waals surface area contributed by atoms with Crippen LogP contribution in [0, 0.1) is 12.8 Å². The summed E-state index contributed by atoms with van der Waals surface area (Å²) >= 11 is 12.1. The molecule has 1 unspecified atom stereocenters. The van der Waals surface area contributed by atoms with Crippen LogP contribution in [-0.2, 0) is 4.79 Å². The van der Waals surface area contributed by atoms with Gasteiger partial charge in [-0.05, 0) is 37.5 Å². The number of likely N-dealkylation sites (tertiary alicyclic amines) is 1. The van der Waals surface area contributed by atoms with Gasteiger partial charge in [-0.15, -0.1) is 0 Å². The topological polar surface area (TPSA) is 69.6 Å². The maximum absolute atomic E-state index is 12.2. The number of anilines is 1. The number of benzene rings is 1. The maximum atomic E-state index is 12.2. The normalized spacial score (nSPS) is 18.4. The quantitative estimate of drug-likeness (QED) is 0.869. The highest BCUT2D eigenvalue weighted by Crippen LogP contribution is 2.28. The van der Waals surface area contributed by atoms with Crippen LogP contribution in [0.15, 0.2) is 12.1 Å². The van der Waals surface area contributed by atoms with Crippen LogP contribution in [0.1, 0.15) is 18.4 Å². The van der Waals surface area contributed by atoms with Crippen molar-refractivity contribution in [2.24, 2.45) is 5.92 Å². The third-order valence-corrected chi connectivity index (χ3v) is 4.38. The van der Waals surface area contributed by atoms with Crippen LogP contribution in [0.5, 0.6) is 0 Å². The highest BCUT2D eigenvalue weighted by Gasteiger charge is 2.28. The number of carboxylic acid groups (broad SMARTS) is 1. The summed E-state index contributed by atoms with van der Waals surface area (Å²) in [5, 5.41) is 12.7. The first kappa shape index (κ1) is 15.9. The molecule has 0 aliphatic carbocycles. The van der Waals surface area contributed by atoms with Crippen molar-refractivity contribution in [1.29, 1.82) is 0 Å². The number of nitrogens with zero attached hydrogens (tertiary/aromatic N) is 1. The van der Waals surface area contributed by atoms with Crippen molar-refractivity contribution >= 4 is 40.9 Å². The van der Waals surface area contributed by atoms with Gasteiger partial charge in [0.2, 0.25) is 0 Å². The first-order valence-electron chi connectivity index (χ1n) is 6.63. The molecule has 1 atom stereocenters. The van der Waals surface area contributed by atoms with Crippen LogP contribution in [0.2, 0.25) is 10.0 Å². The maximum Gasteiger partial charge on any atom is 0.321 e. The number of nitrogens with one attached hydrogen (secondary N) is 1. The lowest BCUT2D eigenvalue weighted by molar-refractivity contribution is -0.143. The Bertz CT molecular complexity index is 554. The second-order valence-corrected chi connectivity index (χ2v) is 5.93. The number of amides is 2. The van der Waals surface area contributed by atoms with Gasteiger partial charge in [-0.2, -0.15) is 0 Å². The Hall–Kier alpha value is -1.46. The summed E-state index contributed by atoms with van der Waals surface area (Å²) in [5.74, 6) is -1.37. The zero-order valence-electron chi connectivity index (χ0n) is 11.5. The number of hydrogen-bond donors (Lipinski definition) is 2. The van der Waals surface area contributed by atoms with Crippen LogP contribution >= 0.6 is 23.2 Å². The molecular weight excluding hydrogens is 315 g/mol. The Morgan fingerprint density at radius 2 is 1.95 bits per heavy atom. The molecule has 2 rings (SSSR count). The lowest BCUT2D eigenvalue weighted by Crippen LogP contribution is -2.44. The molecule has 7 heteroatoms. The van der Waals surface area contributed by atoms with E-state index in [2.05, 4.69) is 5.32 Å². The molecule has 1 heterocycles. The fourth-order valence-electron chi connectivity index (χ4n) is 2.28. The molecule has 0 aromatic heterocycles. The molecule has 2 N–H and O–H groups in total. The van der Waals surface area contributed by atoms with E-state index in [0.717, 1.165) is 5.56 Å². The minimum Gasteiger partial charge on any atom is -0.481 e. The molecule has 1 aliphatic heterocycles. The minimum atomic E-state index is -0.867. The third kappa shape index (κ3) is 3.80. The van der Waals surface area contributed by atoms with Crippen molar-refractivity contribution in [2.75, 3.05) is 18.4 Å². The average Bonchev–Trinajstić information content (AvgIpc) is 2.44. The van der Waals surface area contributed by atoms with E-state index in [-0.39, 0.29) is 12.6 Å². The number of carbonyl (C=O) groups excluding carboxylic acids is 1. The summed E-state index contributed by atoms with van der Waals surface area (Å²) in [4.78, 5) is 24.7. The molecule has 0 bridgehead atoms. The number of urea groups is 1. The van der Waals surface area contributed by atoms with Gasteiger partial charge in [0.1, 0.15) is 0 Å². The predicted molar refractivity (Wildman–Crippen MR) is 82.2 cm³/mol. The van der Waals surface area contributed by atoms with Gasteiger partial charge >= 0.3 is 12.0 Å². The van der Waals surface area contributed by atoms with Gasteiger partial charge in [0, 0.05) is 28.8 Å². The van der Waals surface area contributed by atoms with E-state index in [1.807, 2.05) is 0 Å². The van der Waals surface area contributed by atoms with Crippen molar-refractivity contribution in [3.63, 3.8) is 0 Å². The monoisotopic (exact) mass is 330 g/mol. The van der Waals surface area contributed by atoms with Crippen molar-refractivity contribution in [3.05, 3.63) is 27.7 Å². The zero-order valence-corrected chi connectivity index (χ0v) is 13.0. The Morgan fingerprint density at radius 1 is 1.33 bits per heavy atom. The number of carbonyl (C=O) groups is 2. The summed E-state index contributed by atoms with van der Waals surface area (Å²) in [6.45, 7) is 2.55. The number of rotatable bonds is 2. The SMILES string of the molecule is Cc1c(Cl)cc(NC(=O)N2CCCC(C(=O)O)C2)cc1Cl. The van der Waals surface area contributed by atoms with Crippen molar-refractivity contribution in [2.45, 2.75) is 19.8 Å². The van der Waals surface area contributed by atoms with Gasteiger partial charge in [-0.25, -0.2) is 4.79 Å². The first-order chi connectivity index (χ1) is 9.88. The van der Waals surface area contributed by atoms with Gasteiger partial charge in [-0.1, -0.05) is 23.2 Å². The van der Waals surface area contributed by atoms with Crippen molar-refractivity contribution < 1.29 is 14.7 Å². The van der Waals surface area contributed by atoms with Crippen molar-refractivity contribution in [3.8, 4) is 0 Å². The van der Waals surface area contributed by atoms with Crippen LogP contribution < -0.4 is 5.32 Å². The van der Waals surface area contributed by atoms with E-state index in [1.54, 1.807) is 19.1 Å². The Kier molecular flexibility index (Phi) is 4.96. The molecule has 5 nitrogen and oxygen atoms in total.